The molecule has 0 atom stereocenters. The number of fused-ring (bicyclic) bond motifs is 1. The van der Waals surface area contributed by atoms with E-state index in [1.54, 1.807) is 0 Å². The zero-order valence-electron chi connectivity index (χ0n) is 12.2. The van der Waals surface area contributed by atoms with E-state index in [2.05, 4.69) is 15.6 Å². The molecule has 0 unspecified atom stereocenters. The second-order valence-electron chi connectivity index (χ2n) is 5.73. The molecule has 116 valence electrons. The molecule has 0 aliphatic heterocycles. The van der Waals surface area contributed by atoms with Gasteiger partial charge < -0.3 is 10.4 Å². The third-order valence-corrected chi connectivity index (χ3v) is 4.21. The van der Waals surface area contributed by atoms with Crippen molar-refractivity contribution in [3.05, 3.63) is 24.3 Å². The van der Waals surface area contributed by atoms with E-state index in [4.69, 9.17) is 0 Å². The van der Waals surface area contributed by atoms with Crippen LogP contribution in [0.5, 0.6) is 0 Å². The predicted molar refractivity (Wildman–Crippen MR) is 79.1 cm³/mol. The van der Waals surface area contributed by atoms with Crippen molar-refractivity contribution in [2.45, 2.75) is 44.2 Å². The normalized spacial score (nSPS) is 17.3. The minimum Gasteiger partial charge on any atom is -0.480 e. The fourth-order valence-electron chi connectivity index (χ4n) is 3.02. The molecule has 1 saturated carbocycles. The number of hydrogen-bond acceptors (Lipinski definition) is 4. The zero-order valence-corrected chi connectivity index (χ0v) is 12.2. The highest BCUT2D eigenvalue weighted by molar-refractivity contribution is 5.87. The molecule has 0 saturated heterocycles. The van der Waals surface area contributed by atoms with Gasteiger partial charge in [0.2, 0.25) is 5.91 Å². The highest BCUT2D eigenvalue weighted by Gasteiger charge is 2.40. The SMILES string of the molecule is O=C(Cn1nnc2ccccc21)NC1(C(=O)O)CCCCC1. The second-order valence-corrected chi connectivity index (χ2v) is 5.73. The lowest BCUT2D eigenvalue weighted by atomic mass is 9.81. The van der Waals surface area contributed by atoms with Gasteiger partial charge in [0.25, 0.3) is 0 Å². The second kappa shape index (κ2) is 5.75. The summed E-state index contributed by atoms with van der Waals surface area (Å²) < 4.78 is 1.49. The fraction of sp³-hybridized carbons (Fsp3) is 0.467. The molecule has 2 N–H and O–H groups in total. The van der Waals surface area contributed by atoms with Crippen molar-refractivity contribution in [1.29, 1.82) is 0 Å². The maximum absolute atomic E-state index is 12.3. The van der Waals surface area contributed by atoms with Crippen LogP contribution in [-0.4, -0.2) is 37.5 Å². The Bertz CT molecular complexity index is 704. The molecule has 1 fully saturated rings. The Kier molecular flexibility index (Phi) is 3.79. The number of para-hydroxylation sites is 1. The highest BCUT2D eigenvalue weighted by atomic mass is 16.4. The lowest BCUT2D eigenvalue weighted by molar-refractivity contribution is -0.149. The van der Waals surface area contributed by atoms with Crippen molar-refractivity contribution in [2.24, 2.45) is 0 Å². The van der Waals surface area contributed by atoms with Gasteiger partial charge in [0.1, 0.15) is 17.6 Å². The Labute approximate surface area is 127 Å². The van der Waals surface area contributed by atoms with E-state index in [1.807, 2.05) is 24.3 Å². The minimum absolute atomic E-state index is 0.0322. The van der Waals surface area contributed by atoms with Crippen LogP contribution in [0.25, 0.3) is 11.0 Å². The lowest BCUT2D eigenvalue weighted by Gasteiger charge is -2.33. The van der Waals surface area contributed by atoms with Crippen molar-refractivity contribution in [1.82, 2.24) is 20.3 Å². The standard InChI is InChI=1S/C15H18N4O3/c20-13(16-15(14(21)22)8-4-1-5-9-15)10-19-12-7-3-2-6-11(12)17-18-19/h2-3,6-7H,1,4-5,8-10H2,(H,16,20)(H,21,22). The maximum Gasteiger partial charge on any atom is 0.329 e. The molecule has 0 radical (unpaired) electrons. The van der Waals surface area contributed by atoms with Gasteiger partial charge in [-0.25, -0.2) is 9.48 Å². The van der Waals surface area contributed by atoms with E-state index < -0.39 is 11.5 Å². The molecule has 1 amide bonds. The van der Waals surface area contributed by atoms with Crippen LogP contribution in [0.15, 0.2) is 24.3 Å². The van der Waals surface area contributed by atoms with E-state index in [-0.39, 0.29) is 12.5 Å². The van der Waals surface area contributed by atoms with Gasteiger partial charge in [-0.1, -0.05) is 36.6 Å². The van der Waals surface area contributed by atoms with Crippen molar-refractivity contribution in [3.63, 3.8) is 0 Å². The molecule has 1 aliphatic carbocycles. The Morgan fingerprint density at radius 1 is 1.23 bits per heavy atom. The van der Waals surface area contributed by atoms with Crippen LogP contribution in [0.3, 0.4) is 0 Å². The van der Waals surface area contributed by atoms with Crippen molar-refractivity contribution in [3.8, 4) is 0 Å². The average molecular weight is 302 g/mol. The van der Waals surface area contributed by atoms with Crippen LogP contribution in [0.2, 0.25) is 0 Å². The molecular weight excluding hydrogens is 284 g/mol. The van der Waals surface area contributed by atoms with Crippen LogP contribution in [0, 0.1) is 0 Å². The number of aromatic nitrogens is 3. The van der Waals surface area contributed by atoms with Gasteiger partial charge >= 0.3 is 5.97 Å². The van der Waals surface area contributed by atoms with Crippen molar-refractivity contribution >= 4 is 22.9 Å². The minimum atomic E-state index is -1.13. The largest absolute Gasteiger partial charge is 0.480 e. The molecule has 1 aliphatic rings. The third-order valence-electron chi connectivity index (χ3n) is 4.21. The number of benzene rings is 1. The summed E-state index contributed by atoms with van der Waals surface area (Å²) in [5.41, 5.74) is 0.331. The van der Waals surface area contributed by atoms with Gasteiger partial charge in [-0.05, 0) is 25.0 Å². The van der Waals surface area contributed by atoms with E-state index in [0.29, 0.717) is 18.4 Å². The van der Waals surface area contributed by atoms with Crippen molar-refractivity contribution in [2.75, 3.05) is 0 Å². The number of nitrogens with zero attached hydrogens (tertiary/aromatic N) is 3. The number of carboxylic acid groups (broad SMARTS) is 1. The summed E-state index contributed by atoms with van der Waals surface area (Å²) in [6, 6.07) is 7.34. The topological polar surface area (TPSA) is 97.1 Å². The molecule has 2 aromatic rings. The summed E-state index contributed by atoms with van der Waals surface area (Å²) in [6.45, 7) is -0.0322. The molecule has 7 nitrogen and oxygen atoms in total. The summed E-state index contributed by atoms with van der Waals surface area (Å²) in [4.78, 5) is 23.8. The Morgan fingerprint density at radius 3 is 2.68 bits per heavy atom. The summed E-state index contributed by atoms with van der Waals surface area (Å²) in [5.74, 6) is -1.30. The fourth-order valence-corrected chi connectivity index (χ4v) is 3.02. The monoisotopic (exact) mass is 302 g/mol. The zero-order chi connectivity index (χ0) is 15.6. The van der Waals surface area contributed by atoms with Gasteiger partial charge in [-0.3, -0.25) is 4.79 Å². The average Bonchev–Trinajstić information content (AvgIpc) is 2.91. The van der Waals surface area contributed by atoms with Gasteiger partial charge in [-0.2, -0.15) is 0 Å². The maximum atomic E-state index is 12.3. The molecule has 22 heavy (non-hydrogen) atoms. The van der Waals surface area contributed by atoms with Crippen LogP contribution >= 0.6 is 0 Å². The van der Waals surface area contributed by atoms with E-state index >= 15 is 0 Å². The number of carboxylic acids is 1. The van der Waals surface area contributed by atoms with Crippen LogP contribution in [0.4, 0.5) is 0 Å². The third kappa shape index (κ3) is 2.66. The molecule has 1 heterocycles. The first kappa shape index (κ1) is 14.5. The number of aliphatic carboxylic acids is 1. The summed E-state index contributed by atoms with van der Waals surface area (Å²) >= 11 is 0. The first-order chi connectivity index (χ1) is 10.6. The number of amides is 1. The van der Waals surface area contributed by atoms with E-state index in [1.165, 1.54) is 4.68 Å². The molecule has 0 bridgehead atoms. The summed E-state index contributed by atoms with van der Waals surface area (Å²) in [5, 5.41) is 20.1. The summed E-state index contributed by atoms with van der Waals surface area (Å²) in [7, 11) is 0. The Morgan fingerprint density at radius 2 is 1.95 bits per heavy atom. The van der Waals surface area contributed by atoms with E-state index in [9.17, 15) is 14.7 Å². The van der Waals surface area contributed by atoms with Gasteiger partial charge in [-0.15, -0.1) is 5.10 Å². The van der Waals surface area contributed by atoms with E-state index in [0.717, 1.165) is 24.8 Å². The first-order valence-electron chi connectivity index (χ1n) is 7.43. The first-order valence-corrected chi connectivity index (χ1v) is 7.43. The molecule has 1 aromatic heterocycles. The quantitative estimate of drug-likeness (QED) is 0.888. The summed E-state index contributed by atoms with van der Waals surface area (Å²) in [6.07, 6.45) is 3.61. The molecule has 1 aromatic carbocycles. The van der Waals surface area contributed by atoms with Gasteiger partial charge in [0.15, 0.2) is 0 Å². The number of nitrogens with one attached hydrogen (secondary N) is 1. The lowest BCUT2D eigenvalue weighted by Crippen LogP contribution is -2.56. The van der Waals surface area contributed by atoms with Crippen molar-refractivity contribution < 1.29 is 14.7 Å². The Hall–Kier alpha value is -2.44. The number of hydrogen-bond donors (Lipinski definition) is 2. The van der Waals surface area contributed by atoms with Crippen LogP contribution in [0.1, 0.15) is 32.1 Å². The smallest absolute Gasteiger partial charge is 0.329 e. The number of carbonyl (C=O) groups excluding carboxylic acids is 1. The van der Waals surface area contributed by atoms with Gasteiger partial charge in [0.05, 0.1) is 5.52 Å². The number of rotatable bonds is 4. The number of carbonyl (C=O) groups is 2. The van der Waals surface area contributed by atoms with Crippen LogP contribution < -0.4 is 5.32 Å². The molecule has 3 rings (SSSR count). The molecule has 7 heteroatoms. The predicted octanol–water partition coefficient (Wildman–Crippen LogP) is 1.33. The Balaban J connectivity index is 1.75. The van der Waals surface area contributed by atoms with Gasteiger partial charge in [0, 0.05) is 0 Å². The molecule has 0 spiro atoms. The highest BCUT2D eigenvalue weighted by Crippen LogP contribution is 2.28. The molecular formula is C15H18N4O3. The van der Waals surface area contributed by atoms with Crippen LogP contribution in [-0.2, 0) is 16.1 Å².